The lowest BCUT2D eigenvalue weighted by Crippen LogP contribution is -2.23. The maximum absolute atomic E-state index is 5.43. The van der Waals surface area contributed by atoms with Crippen LogP contribution in [0.25, 0.3) is 10.2 Å². The molecule has 104 valence electrons. The summed E-state index contributed by atoms with van der Waals surface area (Å²) >= 11 is 1.77. The highest BCUT2D eigenvalue weighted by molar-refractivity contribution is 7.18. The summed E-state index contributed by atoms with van der Waals surface area (Å²) in [5.74, 6) is 0.983. The van der Waals surface area contributed by atoms with Gasteiger partial charge in [-0.15, -0.1) is 11.3 Å². The number of nitrogens with zero attached hydrogens (tertiary/aromatic N) is 1. The van der Waals surface area contributed by atoms with E-state index in [1.165, 1.54) is 10.3 Å². The Morgan fingerprint density at radius 2 is 2.15 bits per heavy atom. The zero-order chi connectivity index (χ0) is 13.9. The van der Waals surface area contributed by atoms with Gasteiger partial charge >= 0.3 is 0 Å². The van der Waals surface area contributed by atoms with Crippen molar-refractivity contribution in [1.82, 2.24) is 10.3 Å². The lowest BCUT2D eigenvalue weighted by molar-refractivity contribution is 0.501. The van der Waals surface area contributed by atoms with Gasteiger partial charge in [-0.25, -0.2) is 4.98 Å². The number of hydrogen-bond donors (Lipinski definition) is 1. The molecule has 1 aromatic carbocycles. The second-order valence-electron chi connectivity index (χ2n) is 4.82. The highest BCUT2D eigenvalue weighted by Gasteiger charge is 2.17. The fourth-order valence-corrected chi connectivity index (χ4v) is 3.49. The van der Waals surface area contributed by atoms with Crippen molar-refractivity contribution in [2.24, 2.45) is 0 Å². The summed E-state index contributed by atoms with van der Waals surface area (Å²) in [4.78, 5) is 4.72. The standard InChI is InChI=1S/C16H18N2OS/c1-3-17-14(12-8-9-19-11(12)2)10-16-18-13-6-4-5-7-15(13)20-16/h4-9,14,17H,3,10H2,1-2H3. The summed E-state index contributed by atoms with van der Waals surface area (Å²) < 4.78 is 6.68. The van der Waals surface area contributed by atoms with Gasteiger partial charge in [0, 0.05) is 18.0 Å². The Bertz CT molecular complexity index is 668. The Kier molecular flexibility index (Phi) is 3.85. The van der Waals surface area contributed by atoms with Gasteiger partial charge in [0.25, 0.3) is 0 Å². The monoisotopic (exact) mass is 286 g/mol. The van der Waals surface area contributed by atoms with Gasteiger partial charge in [-0.1, -0.05) is 19.1 Å². The molecule has 0 aliphatic rings. The molecule has 20 heavy (non-hydrogen) atoms. The van der Waals surface area contributed by atoms with Crippen LogP contribution in [0.3, 0.4) is 0 Å². The van der Waals surface area contributed by atoms with Crippen LogP contribution in [0.4, 0.5) is 0 Å². The zero-order valence-corrected chi connectivity index (χ0v) is 12.5. The van der Waals surface area contributed by atoms with Crippen molar-refractivity contribution in [2.75, 3.05) is 6.54 Å². The largest absolute Gasteiger partial charge is 0.469 e. The van der Waals surface area contributed by atoms with E-state index in [9.17, 15) is 0 Å². The molecule has 1 atom stereocenters. The van der Waals surface area contributed by atoms with E-state index in [4.69, 9.17) is 9.40 Å². The molecule has 0 aliphatic carbocycles. The molecule has 0 saturated carbocycles. The van der Waals surface area contributed by atoms with E-state index in [2.05, 4.69) is 36.5 Å². The number of benzene rings is 1. The molecule has 0 saturated heterocycles. The zero-order valence-electron chi connectivity index (χ0n) is 11.7. The topological polar surface area (TPSA) is 38.1 Å². The highest BCUT2D eigenvalue weighted by Crippen LogP contribution is 2.27. The predicted molar refractivity (Wildman–Crippen MR) is 83.2 cm³/mol. The van der Waals surface area contributed by atoms with Crippen molar-refractivity contribution in [3.63, 3.8) is 0 Å². The number of furan rings is 1. The Labute approximate surface area is 122 Å². The van der Waals surface area contributed by atoms with Crippen LogP contribution in [-0.2, 0) is 6.42 Å². The summed E-state index contributed by atoms with van der Waals surface area (Å²) in [6.45, 7) is 5.07. The number of nitrogens with one attached hydrogen (secondary N) is 1. The minimum atomic E-state index is 0.263. The van der Waals surface area contributed by atoms with Crippen LogP contribution in [-0.4, -0.2) is 11.5 Å². The van der Waals surface area contributed by atoms with Gasteiger partial charge in [-0.05, 0) is 31.7 Å². The van der Waals surface area contributed by atoms with Crippen molar-refractivity contribution in [3.05, 3.63) is 52.9 Å². The number of likely N-dealkylation sites (N-methyl/N-ethyl adjacent to an activating group) is 1. The maximum Gasteiger partial charge on any atom is 0.105 e. The van der Waals surface area contributed by atoms with Gasteiger partial charge in [0.05, 0.1) is 21.5 Å². The van der Waals surface area contributed by atoms with Crippen LogP contribution >= 0.6 is 11.3 Å². The normalized spacial score (nSPS) is 12.9. The summed E-state index contributed by atoms with van der Waals surface area (Å²) in [7, 11) is 0. The second-order valence-corrected chi connectivity index (χ2v) is 5.94. The smallest absolute Gasteiger partial charge is 0.105 e. The van der Waals surface area contributed by atoms with E-state index < -0.39 is 0 Å². The van der Waals surface area contributed by atoms with Crippen LogP contribution in [0.15, 0.2) is 41.0 Å². The molecule has 4 heteroatoms. The number of fused-ring (bicyclic) bond motifs is 1. The molecule has 1 unspecified atom stereocenters. The third-order valence-corrected chi connectivity index (χ3v) is 4.50. The van der Waals surface area contributed by atoms with Crippen LogP contribution in [0.5, 0.6) is 0 Å². The van der Waals surface area contributed by atoms with Crippen molar-refractivity contribution in [2.45, 2.75) is 26.3 Å². The maximum atomic E-state index is 5.43. The molecule has 2 heterocycles. The summed E-state index contributed by atoms with van der Waals surface area (Å²) in [5.41, 5.74) is 2.32. The molecule has 0 spiro atoms. The molecule has 1 N–H and O–H groups in total. The first-order valence-corrected chi connectivity index (χ1v) is 7.71. The van der Waals surface area contributed by atoms with E-state index in [-0.39, 0.29) is 6.04 Å². The van der Waals surface area contributed by atoms with E-state index in [1.54, 1.807) is 17.6 Å². The number of thiazole rings is 1. The number of aryl methyl sites for hydroxylation is 1. The van der Waals surface area contributed by atoms with E-state index in [1.807, 2.05) is 13.0 Å². The Morgan fingerprint density at radius 1 is 1.30 bits per heavy atom. The van der Waals surface area contributed by atoms with Crippen molar-refractivity contribution in [1.29, 1.82) is 0 Å². The van der Waals surface area contributed by atoms with Crippen LogP contribution in [0, 0.1) is 6.92 Å². The van der Waals surface area contributed by atoms with Crippen molar-refractivity contribution in [3.8, 4) is 0 Å². The SMILES string of the molecule is CCNC(Cc1nc2ccccc2s1)c1ccoc1C. The highest BCUT2D eigenvalue weighted by atomic mass is 32.1. The molecule has 0 aliphatic heterocycles. The Hall–Kier alpha value is -1.65. The average Bonchev–Trinajstić information content (AvgIpc) is 3.03. The molecule has 0 amide bonds. The lowest BCUT2D eigenvalue weighted by atomic mass is 10.1. The van der Waals surface area contributed by atoms with Crippen LogP contribution in [0.1, 0.15) is 29.3 Å². The predicted octanol–water partition coefficient (Wildman–Crippen LogP) is 4.09. The van der Waals surface area contributed by atoms with Gasteiger partial charge in [0.1, 0.15) is 5.76 Å². The first-order valence-electron chi connectivity index (χ1n) is 6.89. The summed E-state index contributed by atoms with van der Waals surface area (Å²) in [6.07, 6.45) is 2.65. The minimum absolute atomic E-state index is 0.263. The summed E-state index contributed by atoms with van der Waals surface area (Å²) in [6, 6.07) is 10.6. The number of hydrogen-bond acceptors (Lipinski definition) is 4. The summed E-state index contributed by atoms with van der Waals surface area (Å²) in [5, 5.41) is 4.69. The molecule has 3 nitrogen and oxygen atoms in total. The minimum Gasteiger partial charge on any atom is -0.469 e. The Balaban J connectivity index is 1.88. The van der Waals surface area contributed by atoms with Gasteiger partial charge < -0.3 is 9.73 Å². The molecule has 0 radical (unpaired) electrons. The first kappa shape index (κ1) is 13.3. The van der Waals surface area contributed by atoms with Crippen molar-refractivity contribution < 1.29 is 4.42 Å². The van der Waals surface area contributed by atoms with Gasteiger partial charge in [-0.3, -0.25) is 0 Å². The first-order chi connectivity index (χ1) is 9.78. The van der Waals surface area contributed by atoms with Crippen LogP contribution in [0.2, 0.25) is 0 Å². The van der Waals surface area contributed by atoms with E-state index in [0.717, 1.165) is 29.3 Å². The number of para-hydroxylation sites is 1. The molecule has 0 fully saturated rings. The molecule has 0 bridgehead atoms. The molecule has 3 aromatic rings. The quantitative estimate of drug-likeness (QED) is 0.767. The molecule has 3 rings (SSSR count). The van der Waals surface area contributed by atoms with E-state index >= 15 is 0 Å². The van der Waals surface area contributed by atoms with Crippen molar-refractivity contribution >= 4 is 21.6 Å². The Morgan fingerprint density at radius 3 is 2.85 bits per heavy atom. The molecular weight excluding hydrogens is 268 g/mol. The van der Waals surface area contributed by atoms with Crippen LogP contribution < -0.4 is 5.32 Å². The third-order valence-electron chi connectivity index (χ3n) is 3.44. The number of aromatic nitrogens is 1. The fraction of sp³-hybridized carbons (Fsp3) is 0.312. The van der Waals surface area contributed by atoms with E-state index in [0.29, 0.717) is 0 Å². The molecule has 2 aromatic heterocycles. The lowest BCUT2D eigenvalue weighted by Gasteiger charge is -2.15. The third kappa shape index (κ3) is 2.62. The molecular formula is C16H18N2OS. The number of rotatable bonds is 5. The fourth-order valence-electron chi connectivity index (χ4n) is 2.48. The average molecular weight is 286 g/mol. The van der Waals surface area contributed by atoms with Gasteiger partial charge in [-0.2, -0.15) is 0 Å². The second kappa shape index (κ2) is 5.77. The van der Waals surface area contributed by atoms with Gasteiger partial charge in [0.15, 0.2) is 0 Å². The van der Waals surface area contributed by atoms with Gasteiger partial charge in [0.2, 0.25) is 0 Å².